The van der Waals surface area contributed by atoms with E-state index in [-0.39, 0.29) is 5.91 Å². The number of aromatic nitrogens is 2. The molecule has 2 aliphatic carbocycles. The van der Waals surface area contributed by atoms with Crippen molar-refractivity contribution in [2.75, 3.05) is 6.54 Å². The van der Waals surface area contributed by atoms with E-state index in [0.717, 1.165) is 43.0 Å². The van der Waals surface area contributed by atoms with Gasteiger partial charge in [0.1, 0.15) is 0 Å². The number of benzene rings is 1. The van der Waals surface area contributed by atoms with Crippen molar-refractivity contribution >= 4 is 5.91 Å². The van der Waals surface area contributed by atoms with Crippen LogP contribution in [0.5, 0.6) is 0 Å². The summed E-state index contributed by atoms with van der Waals surface area (Å²) in [6.45, 7) is 1.53. The predicted octanol–water partition coefficient (Wildman–Crippen LogP) is 2.74. The summed E-state index contributed by atoms with van der Waals surface area (Å²) >= 11 is 0. The van der Waals surface area contributed by atoms with E-state index in [1.807, 2.05) is 35.3 Å². The molecule has 144 valence electrons. The largest absolute Gasteiger partial charge is 0.355 e. The lowest BCUT2D eigenvalue weighted by atomic mass is 9.86. The third-order valence-electron chi connectivity index (χ3n) is 6.36. The molecule has 2 fully saturated rings. The van der Waals surface area contributed by atoms with Crippen LogP contribution in [0.25, 0.3) is 0 Å². The molecule has 4 atom stereocenters. The third-order valence-corrected chi connectivity index (χ3v) is 6.36. The zero-order valence-corrected chi connectivity index (χ0v) is 15.9. The monoisotopic (exact) mass is 366 g/mol. The van der Waals surface area contributed by atoms with Gasteiger partial charge in [-0.05, 0) is 49.0 Å². The number of nitrogens with two attached hydrogens (primary N) is 1. The molecule has 3 unspecified atom stereocenters. The van der Waals surface area contributed by atoms with Crippen LogP contribution in [0.1, 0.15) is 43.4 Å². The van der Waals surface area contributed by atoms with Crippen molar-refractivity contribution in [3.05, 3.63) is 54.1 Å². The van der Waals surface area contributed by atoms with Crippen LogP contribution >= 0.6 is 0 Å². The molecule has 4 rings (SSSR count). The molecule has 0 aliphatic heterocycles. The van der Waals surface area contributed by atoms with E-state index in [4.69, 9.17) is 5.73 Å². The summed E-state index contributed by atoms with van der Waals surface area (Å²) in [5.74, 6) is 2.63. The van der Waals surface area contributed by atoms with Crippen LogP contribution in [-0.4, -0.2) is 28.0 Å². The number of carbonyl (C=O) groups excluding carboxylic acids is 1. The average Bonchev–Trinajstić information content (AvgIpc) is 3.40. The van der Waals surface area contributed by atoms with Crippen LogP contribution in [0.4, 0.5) is 0 Å². The fourth-order valence-electron chi connectivity index (χ4n) is 4.95. The Balaban J connectivity index is 1.20. The summed E-state index contributed by atoms with van der Waals surface area (Å²) < 4.78 is 2.03. The van der Waals surface area contributed by atoms with Gasteiger partial charge in [0.05, 0.1) is 18.1 Å². The second kappa shape index (κ2) is 8.26. The minimum absolute atomic E-state index is 0.0595. The van der Waals surface area contributed by atoms with Gasteiger partial charge < -0.3 is 15.6 Å². The zero-order chi connectivity index (χ0) is 18.6. The summed E-state index contributed by atoms with van der Waals surface area (Å²) in [6.07, 6.45) is 11.0. The summed E-state index contributed by atoms with van der Waals surface area (Å²) in [5, 5.41) is 3.04. The maximum Gasteiger partial charge on any atom is 0.237 e. The number of rotatable bonds is 8. The first-order chi connectivity index (χ1) is 13.2. The van der Waals surface area contributed by atoms with Crippen LogP contribution in [-0.2, 0) is 17.8 Å². The highest BCUT2D eigenvalue weighted by Gasteiger charge is 2.38. The highest BCUT2D eigenvalue weighted by molar-refractivity contribution is 5.81. The number of carbonyl (C=O) groups is 1. The topological polar surface area (TPSA) is 72.9 Å². The van der Waals surface area contributed by atoms with E-state index < -0.39 is 6.04 Å². The first-order valence-electron chi connectivity index (χ1n) is 10.2. The summed E-state index contributed by atoms with van der Waals surface area (Å²) in [7, 11) is 0. The molecular formula is C22H30N4O. The van der Waals surface area contributed by atoms with Crippen molar-refractivity contribution in [2.24, 2.45) is 23.5 Å². The quantitative estimate of drug-likeness (QED) is 0.754. The Hall–Kier alpha value is -2.14. The molecule has 1 amide bonds. The van der Waals surface area contributed by atoms with Gasteiger partial charge in [0.15, 0.2) is 0 Å². The Morgan fingerprint density at radius 1 is 1.26 bits per heavy atom. The molecule has 3 N–H and O–H groups in total. The molecule has 27 heavy (non-hydrogen) atoms. The van der Waals surface area contributed by atoms with E-state index in [0.29, 0.717) is 6.42 Å². The molecule has 1 aromatic carbocycles. The molecule has 5 heteroatoms. The lowest BCUT2D eigenvalue weighted by molar-refractivity contribution is -0.122. The summed E-state index contributed by atoms with van der Waals surface area (Å²) in [6, 6.07) is 9.72. The molecular weight excluding hydrogens is 336 g/mol. The molecule has 1 heterocycles. The number of nitrogens with zero attached hydrogens (tertiary/aromatic N) is 2. The Morgan fingerprint density at radius 3 is 2.85 bits per heavy atom. The van der Waals surface area contributed by atoms with E-state index in [2.05, 4.69) is 22.4 Å². The van der Waals surface area contributed by atoms with Crippen molar-refractivity contribution in [3.8, 4) is 0 Å². The molecule has 2 saturated carbocycles. The summed E-state index contributed by atoms with van der Waals surface area (Å²) in [5.41, 5.74) is 8.19. The van der Waals surface area contributed by atoms with E-state index in [9.17, 15) is 4.79 Å². The van der Waals surface area contributed by atoms with Gasteiger partial charge in [-0.25, -0.2) is 4.98 Å². The van der Waals surface area contributed by atoms with Gasteiger partial charge in [-0.1, -0.05) is 36.8 Å². The van der Waals surface area contributed by atoms with Gasteiger partial charge in [0.25, 0.3) is 0 Å². The number of fused-ring (bicyclic) bond motifs is 2. The van der Waals surface area contributed by atoms with Crippen molar-refractivity contribution in [1.29, 1.82) is 0 Å². The third kappa shape index (κ3) is 4.59. The maximum absolute atomic E-state index is 12.3. The van der Waals surface area contributed by atoms with Gasteiger partial charge in [-0.2, -0.15) is 0 Å². The Labute approximate surface area is 161 Å². The maximum atomic E-state index is 12.3. The van der Waals surface area contributed by atoms with Crippen molar-refractivity contribution in [2.45, 2.75) is 51.1 Å². The second-order valence-corrected chi connectivity index (χ2v) is 8.35. The summed E-state index contributed by atoms with van der Waals surface area (Å²) in [4.78, 5) is 16.7. The number of hydrogen-bond donors (Lipinski definition) is 2. The van der Waals surface area contributed by atoms with Gasteiger partial charge in [0.2, 0.25) is 5.91 Å². The van der Waals surface area contributed by atoms with Crippen molar-refractivity contribution in [3.63, 3.8) is 0 Å². The van der Waals surface area contributed by atoms with Gasteiger partial charge in [0, 0.05) is 25.7 Å². The van der Waals surface area contributed by atoms with Crippen molar-refractivity contribution < 1.29 is 4.79 Å². The van der Waals surface area contributed by atoms with E-state index in [1.54, 1.807) is 0 Å². The van der Waals surface area contributed by atoms with E-state index in [1.165, 1.54) is 31.2 Å². The molecule has 2 aliphatic rings. The second-order valence-electron chi connectivity index (χ2n) is 8.35. The standard InChI is InChI=1S/C22H30N4O/c23-21(22(27)24-9-8-19-11-17-6-7-18(19)10-17)12-20-14-26(15-25-20)13-16-4-2-1-3-5-16/h1-5,14-15,17-19,21H,6-13,23H2,(H,24,27)/t17?,18?,19?,21-/m0/s1. The van der Waals surface area contributed by atoms with Crippen molar-refractivity contribution in [1.82, 2.24) is 14.9 Å². The lowest BCUT2D eigenvalue weighted by Gasteiger charge is -2.21. The van der Waals surface area contributed by atoms with Crippen LogP contribution in [0, 0.1) is 17.8 Å². The van der Waals surface area contributed by atoms with Crippen LogP contribution in [0.3, 0.4) is 0 Å². The Bertz CT molecular complexity index is 757. The fourth-order valence-corrected chi connectivity index (χ4v) is 4.95. The molecule has 1 aromatic heterocycles. The number of hydrogen-bond acceptors (Lipinski definition) is 3. The van der Waals surface area contributed by atoms with Gasteiger partial charge >= 0.3 is 0 Å². The van der Waals surface area contributed by atoms with Crippen LogP contribution < -0.4 is 11.1 Å². The first kappa shape index (κ1) is 18.2. The fraction of sp³-hybridized carbons (Fsp3) is 0.545. The predicted molar refractivity (Wildman–Crippen MR) is 106 cm³/mol. The van der Waals surface area contributed by atoms with E-state index >= 15 is 0 Å². The molecule has 2 aromatic rings. The Kier molecular flexibility index (Phi) is 5.58. The molecule has 5 nitrogen and oxygen atoms in total. The average molecular weight is 367 g/mol. The number of imidazole rings is 1. The zero-order valence-electron chi connectivity index (χ0n) is 15.9. The Morgan fingerprint density at radius 2 is 2.11 bits per heavy atom. The number of nitrogens with one attached hydrogen (secondary N) is 1. The molecule has 0 spiro atoms. The first-order valence-corrected chi connectivity index (χ1v) is 10.2. The molecule has 0 radical (unpaired) electrons. The lowest BCUT2D eigenvalue weighted by Crippen LogP contribution is -2.42. The SMILES string of the molecule is N[C@@H](Cc1cn(Cc2ccccc2)cn1)C(=O)NCCC1CC2CCC1C2. The van der Waals surface area contributed by atoms with Gasteiger partial charge in [-0.3, -0.25) is 4.79 Å². The van der Waals surface area contributed by atoms with Crippen LogP contribution in [0.15, 0.2) is 42.9 Å². The molecule has 2 bridgehead atoms. The van der Waals surface area contributed by atoms with Crippen LogP contribution in [0.2, 0.25) is 0 Å². The minimum atomic E-state index is -0.537. The smallest absolute Gasteiger partial charge is 0.237 e. The highest BCUT2D eigenvalue weighted by Crippen LogP contribution is 2.49. The number of amides is 1. The normalized spacial score (nSPS) is 24.9. The highest BCUT2D eigenvalue weighted by atomic mass is 16.2. The minimum Gasteiger partial charge on any atom is -0.355 e. The van der Waals surface area contributed by atoms with Gasteiger partial charge in [-0.15, -0.1) is 0 Å². The molecule has 0 saturated heterocycles.